The van der Waals surface area contributed by atoms with Crippen LogP contribution in [0.25, 0.3) is 0 Å². The second-order valence-electron chi connectivity index (χ2n) is 12.9. The van der Waals surface area contributed by atoms with E-state index in [9.17, 15) is 24.9 Å². The van der Waals surface area contributed by atoms with Crippen LogP contribution < -0.4 is 9.47 Å². The fraction of sp³-hybridized carbons (Fsp3) is 0.343. The normalized spacial score (nSPS) is 14.7. The molecule has 0 fully saturated rings. The van der Waals surface area contributed by atoms with Gasteiger partial charge in [0.2, 0.25) is 6.23 Å². The Hall–Kier alpha value is -4.58. The molecular formula is C35H43ClN3O8+. The third-order valence-corrected chi connectivity index (χ3v) is 7.09. The molecule has 0 amide bonds. The number of aliphatic hydroxyl groups excluding tert-OH is 1. The predicted octanol–water partition coefficient (Wildman–Crippen LogP) is 5.92. The largest absolute Gasteiger partial charge is 0.508 e. The van der Waals surface area contributed by atoms with Crippen molar-refractivity contribution < 1.29 is 44.0 Å². The van der Waals surface area contributed by atoms with Crippen molar-refractivity contribution >= 4 is 23.2 Å². The van der Waals surface area contributed by atoms with Crippen molar-refractivity contribution in [2.24, 2.45) is 5.41 Å². The number of carbonyl (C=O) groups excluding carboxylic acids is 2. The Balaban J connectivity index is 0.000000213. The van der Waals surface area contributed by atoms with Crippen LogP contribution in [0.3, 0.4) is 0 Å². The van der Waals surface area contributed by atoms with Crippen LogP contribution in [0, 0.1) is 5.41 Å². The van der Waals surface area contributed by atoms with E-state index in [0.29, 0.717) is 10.8 Å². The summed E-state index contributed by atoms with van der Waals surface area (Å²) in [7, 11) is 6.16. The first kappa shape index (κ1) is 36.9. The summed E-state index contributed by atoms with van der Waals surface area (Å²) in [6.45, 7) is 6.71. The molecule has 12 heteroatoms. The molecule has 0 spiro atoms. The number of hydrogen-bond donors (Lipinski definition) is 4. The summed E-state index contributed by atoms with van der Waals surface area (Å²) in [6, 6.07) is 15.7. The molecule has 0 radical (unpaired) electrons. The van der Waals surface area contributed by atoms with Crippen molar-refractivity contribution in [3.8, 4) is 28.7 Å². The molecule has 4 N–H and O–H groups in total. The highest BCUT2D eigenvalue weighted by atomic mass is 35.5. The van der Waals surface area contributed by atoms with E-state index in [-0.39, 0.29) is 53.2 Å². The van der Waals surface area contributed by atoms with Gasteiger partial charge >= 0.3 is 0 Å². The maximum atomic E-state index is 12.5. The summed E-state index contributed by atoms with van der Waals surface area (Å²) in [5.41, 5.74) is 0.323. The molecule has 47 heavy (non-hydrogen) atoms. The van der Waals surface area contributed by atoms with Crippen LogP contribution in [0.4, 0.5) is 0 Å². The van der Waals surface area contributed by atoms with Crippen LogP contribution in [-0.2, 0) is 4.79 Å². The van der Waals surface area contributed by atoms with Crippen LogP contribution in [-0.4, -0.2) is 80.3 Å². The average molecular weight is 669 g/mol. The lowest BCUT2D eigenvalue weighted by Crippen LogP contribution is -2.36. The number of rotatable bonds is 7. The monoisotopic (exact) mass is 668 g/mol. The van der Waals surface area contributed by atoms with E-state index in [0.717, 1.165) is 22.7 Å². The first-order valence-corrected chi connectivity index (χ1v) is 15.3. The molecule has 1 unspecified atom stereocenters. The lowest BCUT2D eigenvalue weighted by Gasteiger charge is -2.26. The number of carbonyl (C=O) groups is 2. The van der Waals surface area contributed by atoms with Gasteiger partial charge in [-0.25, -0.2) is 4.98 Å². The Morgan fingerprint density at radius 1 is 1.04 bits per heavy atom. The van der Waals surface area contributed by atoms with Crippen LogP contribution in [0.1, 0.15) is 55.4 Å². The van der Waals surface area contributed by atoms with Crippen molar-refractivity contribution in [1.29, 1.82) is 0 Å². The van der Waals surface area contributed by atoms with E-state index < -0.39 is 17.7 Å². The zero-order valence-electron chi connectivity index (χ0n) is 27.4. The SMILES string of the molecule is CC(C)(C)C(=O)C(Oc1ccc(Cl)cc1)n1ccnc1.C[N+](C)(C)CCO.O=C1C[C@@H](c2ccc(O)cc2)Oc2cc(O)cc(O)c21. The standard InChI is InChI=1S/C15H17ClN2O2.C15H12O5.C5H14NO/c1-15(2,3)13(19)14(18-9-8-17-10-18)20-12-6-4-11(16)5-7-12;16-9-3-1-8(2-4-9)13-7-12(19)15-11(18)5-10(17)6-14(15)20-13;1-6(2,3)4-5-7/h4-10,14H,1-3H3;1-6,13,16-18H,7H2;7H,4-5H2,1-3H3/q;;+1/t;13-;/m.0./s1. The zero-order chi connectivity index (χ0) is 34.9. The average Bonchev–Trinajstić information content (AvgIpc) is 3.51. The summed E-state index contributed by atoms with van der Waals surface area (Å²) in [6.07, 6.45) is 3.76. The molecule has 1 aliphatic heterocycles. The fourth-order valence-electron chi connectivity index (χ4n) is 4.27. The number of ketones is 2. The predicted molar refractivity (Wildman–Crippen MR) is 178 cm³/mol. The molecule has 0 saturated heterocycles. The van der Waals surface area contributed by atoms with Gasteiger partial charge < -0.3 is 34.4 Å². The number of imidazole rings is 1. The zero-order valence-corrected chi connectivity index (χ0v) is 28.2. The van der Waals surface area contributed by atoms with Crippen molar-refractivity contribution in [1.82, 2.24) is 9.55 Å². The molecule has 11 nitrogen and oxygen atoms in total. The highest BCUT2D eigenvalue weighted by Gasteiger charge is 2.33. The number of benzene rings is 3. The second-order valence-corrected chi connectivity index (χ2v) is 13.4. The lowest BCUT2D eigenvalue weighted by atomic mass is 9.89. The van der Waals surface area contributed by atoms with Crippen LogP contribution in [0.2, 0.25) is 5.02 Å². The van der Waals surface area contributed by atoms with E-state index in [1.165, 1.54) is 18.2 Å². The number of likely N-dealkylation sites (N-methyl/N-ethyl adjacent to an activating group) is 1. The highest BCUT2D eigenvalue weighted by molar-refractivity contribution is 6.30. The Morgan fingerprint density at radius 3 is 2.19 bits per heavy atom. The number of phenolic OH excluding ortho intramolecular Hbond substituents is 3. The molecule has 3 aromatic carbocycles. The Labute approximate surface area is 279 Å². The number of aromatic hydroxyl groups is 3. The molecule has 4 aromatic rings. The molecule has 0 saturated carbocycles. The molecule has 5 rings (SSSR count). The number of halogens is 1. The summed E-state index contributed by atoms with van der Waals surface area (Å²) >= 11 is 5.85. The van der Waals surface area contributed by atoms with Gasteiger partial charge in [-0.05, 0) is 42.0 Å². The first-order chi connectivity index (χ1) is 22.0. The minimum Gasteiger partial charge on any atom is -0.508 e. The smallest absolute Gasteiger partial charge is 0.236 e. The second kappa shape index (κ2) is 15.8. The van der Waals surface area contributed by atoms with Gasteiger partial charge in [-0.2, -0.15) is 0 Å². The van der Waals surface area contributed by atoms with Gasteiger partial charge in [0.1, 0.15) is 47.0 Å². The number of hydrogen-bond acceptors (Lipinski definition) is 9. The Kier molecular flexibility index (Phi) is 12.4. The lowest BCUT2D eigenvalue weighted by molar-refractivity contribution is -0.870. The molecule has 1 aliphatic rings. The number of aliphatic hydroxyl groups is 1. The summed E-state index contributed by atoms with van der Waals surface area (Å²) in [5, 5.41) is 37.4. The molecule has 252 valence electrons. The van der Waals surface area contributed by atoms with Crippen LogP contribution in [0.5, 0.6) is 28.7 Å². The van der Waals surface area contributed by atoms with Crippen molar-refractivity contribution in [3.63, 3.8) is 0 Å². The minimum atomic E-state index is -0.737. The molecule has 2 atom stereocenters. The number of Topliss-reactive ketones (excluding diaryl/α,β-unsaturated/α-hetero) is 2. The molecule has 0 aliphatic carbocycles. The highest BCUT2D eigenvalue weighted by Crippen LogP contribution is 2.41. The minimum absolute atomic E-state index is 0.0227. The topological polar surface area (TPSA) is 151 Å². The summed E-state index contributed by atoms with van der Waals surface area (Å²) < 4.78 is 14.0. The van der Waals surface area contributed by atoms with E-state index in [2.05, 4.69) is 26.1 Å². The number of phenols is 3. The van der Waals surface area contributed by atoms with E-state index in [4.69, 9.17) is 26.2 Å². The molecule has 0 bridgehead atoms. The Morgan fingerprint density at radius 2 is 1.68 bits per heavy atom. The fourth-order valence-corrected chi connectivity index (χ4v) is 4.40. The molecular weight excluding hydrogens is 626 g/mol. The van der Waals surface area contributed by atoms with E-state index in [1.807, 2.05) is 20.8 Å². The van der Waals surface area contributed by atoms with Gasteiger partial charge in [-0.1, -0.05) is 44.5 Å². The van der Waals surface area contributed by atoms with Crippen LogP contribution >= 0.6 is 11.6 Å². The first-order valence-electron chi connectivity index (χ1n) is 14.9. The van der Waals surface area contributed by atoms with Crippen LogP contribution in [0.15, 0.2) is 79.4 Å². The number of nitrogens with zero attached hydrogens (tertiary/aromatic N) is 3. The van der Waals surface area contributed by atoms with Gasteiger partial charge in [0, 0.05) is 35.0 Å². The third kappa shape index (κ3) is 11.0. The summed E-state index contributed by atoms with van der Waals surface area (Å²) in [4.78, 5) is 28.6. The molecule has 1 aromatic heterocycles. The van der Waals surface area contributed by atoms with Crippen molar-refractivity contribution in [3.05, 3.63) is 95.5 Å². The quantitative estimate of drug-likeness (QED) is 0.176. The number of aromatic nitrogens is 2. The maximum Gasteiger partial charge on any atom is 0.236 e. The van der Waals surface area contributed by atoms with E-state index >= 15 is 0 Å². The third-order valence-electron chi connectivity index (χ3n) is 6.84. The number of ether oxygens (including phenoxy) is 2. The van der Waals surface area contributed by atoms with Gasteiger partial charge in [0.15, 0.2) is 11.6 Å². The number of quaternary nitrogens is 1. The van der Waals surface area contributed by atoms with Gasteiger partial charge in [-0.15, -0.1) is 0 Å². The maximum absolute atomic E-state index is 12.5. The van der Waals surface area contributed by atoms with Gasteiger partial charge in [0.05, 0.1) is 40.5 Å². The molecule has 2 heterocycles. The van der Waals surface area contributed by atoms with Gasteiger partial charge in [-0.3, -0.25) is 14.2 Å². The number of fused-ring (bicyclic) bond motifs is 1. The van der Waals surface area contributed by atoms with Crippen molar-refractivity contribution in [2.45, 2.75) is 39.5 Å². The van der Waals surface area contributed by atoms with E-state index in [1.54, 1.807) is 59.7 Å². The van der Waals surface area contributed by atoms with Crippen molar-refractivity contribution in [2.75, 3.05) is 34.3 Å². The van der Waals surface area contributed by atoms with Gasteiger partial charge in [0.25, 0.3) is 0 Å². The Bertz CT molecular complexity index is 1610. The summed E-state index contributed by atoms with van der Waals surface area (Å²) in [5.74, 6) is 0.163.